The molecule has 2 heterocycles. The summed E-state index contributed by atoms with van der Waals surface area (Å²) in [5, 5.41) is 3.75. The molecule has 0 radical (unpaired) electrons. The molecular formula is C33H27F2N3O5S. The largest absolute Gasteiger partial charge is 0.496 e. The number of aromatic nitrogens is 1. The van der Waals surface area contributed by atoms with Crippen molar-refractivity contribution in [2.75, 3.05) is 31.8 Å². The number of nitrogens with one attached hydrogen (secondary N) is 2. The van der Waals surface area contributed by atoms with Gasteiger partial charge in [0.2, 0.25) is 10.0 Å². The van der Waals surface area contributed by atoms with Crippen LogP contribution in [0.5, 0.6) is 5.75 Å². The van der Waals surface area contributed by atoms with E-state index in [1.165, 1.54) is 57.6 Å². The van der Waals surface area contributed by atoms with Gasteiger partial charge in [-0.05, 0) is 72.3 Å². The summed E-state index contributed by atoms with van der Waals surface area (Å²) in [6.45, 7) is 0. The molecule has 6 aromatic rings. The number of ether oxygens (including phenoxy) is 1. The fourth-order valence-electron chi connectivity index (χ4n) is 5.29. The molecule has 11 heteroatoms. The molecule has 0 spiro atoms. The Kier molecular flexibility index (Phi) is 7.13. The molecule has 0 fully saturated rings. The second-order valence-corrected chi connectivity index (χ2v) is 12.3. The number of fused-ring (bicyclic) bond motifs is 2. The van der Waals surface area contributed by atoms with Crippen molar-refractivity contribution >= 4 is 43.5 Å². The van der Waals surface area contributed by atoms with Crippen molar-refractivity contribution < 1.29 is 31.1 Å². The van der Waals surface area contributed by atoms with Crippen molar-refractivity contribution in [3.8, 4) is 39.5 Å². The number of rotatable bonds is 7. The van der Waals surface area contributed by atoms with Crippen LogP contribution in [0.3, 0.4) is 0 Å². The number of nitrogens with zero attached hydrogens (tertiary/aromatic N) is 1. The van der Waals surface area contributed by atoms with Gasteiger partial charge in [0, 0.05) is 53.1 Å². The molecule has 0 aliphatic carbocycles. The van der Waals surface area contributed by atoms with E-state index in [0.717, 1.165) is 16.1 Å². The maximum atomic E-state index is 13.9. The van der Waals surface area contributed by atoms with E-state index in [2.05, 4.69) is 10.3 Å². The van der Waals surface area contributed by atoms with Gasteiger partial charge in [-0.3, -0.25) is 9.10 Å². The number of H-pyrrole nitrogens is 1. The van der Waals surface area contributed by atoms with Crippen LogP contribution >= 0.6 is 0 Å². The number of methoxy groups -OCH3 is 1. The zero-order valence-electron chi connectivity index (χ0n) is 24.2. The summed E-state index contributed by atoms with van der Waals surface area (Å²) in [6.07, 6.45) is 1.09. The van der Waals surface area contributed by atoms with Crippen LogP contribution in [0.4, 0.5) is 14.5 Å². The fourth-order valence-corrected chi connectivity index (χ4v) is 5.80. The van der Waals surface area contributed by atoms with Crippen LogP contribution in [0, 0.1) is 11.6 Å². The molecule has 0 saturated carbocycles. The average molecular weight is 616 g/mol. The number of aromatic amines is 1. The lowest BCUT2D eigenvalue weighted by molar-refractivity contribution is 0.0964. The highest BCUT2D eigenvalue weighted by atomic mass is 32.2. The minimum Gasteiger partial charge on any atom is -0.496 e. The topological polar surface area (TPSA) is 105 Å². The monoisotopic (exact) mass is 615 g/mol. The van der Waals surface area contributed by atoms with Crippen molar-refractivity contribution in [2.24, 2.45) is 0 Å². The number of hydrogen-bond acceptors (Lipinski definition) is 5. The van der Waals surface area contributed by atoms with Crippen LogP contribution in [0.1, 0.15) is 10.4 Å². The summed E-state index contributed by atoms with van der Waals surface area (Å²) < 4.78 is 66.1. The summed E-state index contributed by atoms with van der Waals surface area (Å²) in [7, 11) is 0.728. The van der Waals surface area contributed by atoms with Gasteiger partial charge in [-0.25, -0.2) is 17.2 Å². The predicted molar refractivity (Wildman–Crippen MR) is 167 cm³/mol. The van der Waals surface area contributed by atoms with Gasteiger partial charge in [0.25, 0.3) is 5.91 Å². The van der Waals surface area contributed by atoms with Crippen LogP contribution in [-0.2, 0) is 10.0 Å². The number of hydrogen-bond donors (Lipinski definition) is 2. The summed E-state index contributed by atoms with van der Waals surface area (Å²) in [6, 6.07) is 20.4. The van der Waals surface area contributed by atoms with Crippen LogP contribution in [-0.4, -0.2) is 46.8 Å². The standard InChI is InChI=1S/C33H27F2N3O5S/c1-36-33(39)31-25-16-23(19-7-12-29(42-3)24(14-19)27-15-20-13-22(35)10-11-26(20)37-27)28(38(2)44(4,40)41)17-30(25)43-32(31)18-5-8-21(34)9-6-18/h5-17,37H,1-4H3,(H,36,39). The van der Waals surface area contributed by atoms with E-state index in [-0.39, 0.29) is 22.7 Å². The molecule has 0 saturated heterocycles. The van der Waals surface area contributed by atoms with Crippen LogP contribution in [0.15, 0.2) is 83.3 Å². The smallest absolute Gasteiger partial charge is 0.255 e. The summed E-state index contributed by atoms with van der Waals surface area (Å²) >= 11 is 0. The number of amides is 1. The fraction of sp³-hybridized carbons (Fsp3) is 0.121. The third kappa shape index (κ3) is 5.05. The second kappa shape index (κ2) is 10.8. The van der Waals surface area contributed by atoms with E-state index in [1.54, 1.807) is 30.3 Å². The Morgan fingerprint density at radius 1 is 0.909 bits per heavy atom. The first-order valence-corrected chi connectivity index (χ1v) is 15.3. The Bertz CT molecular complexity index is 2190. The predicted octanol–water partition coefficient (Wildman–Crippen LogP) is 6.96. The minimum atomic E-state index is -3.73. The summed E-state index contributed by atoms with van der Waals surface area (Å²) in [5.74, 6) is -0.490. The molecular weight excluding hydrogens is 588 g/mol. The van der Waals surface area contributed by atoms with Crippen molar-refractivity contribution in [1.29, 1.82) is 0 Å². The van der Waals surface area contributed by atoms with Crippen molar-refractivity contribution in [3.63, 3.8) is 0 Å². The number of sulfonamides is 1. The number of halogens is 2. The third-order valence-electron chi connectivity index (χ3n) is 7.59. The normalized spacial score (nSPS) is 11.7. The summed E-state index contributed by atoms with van der Waals surface area (Å²) in [4.78, 5) is 16.5. The molecule has 2 aromatic heterocycles. The molecule has 0 bridgehead atoms. The Labute approximate surface area is 251 Å². The molecule has 8 nitrogen and oxygen atoms in total. The van der Waals surface area contributed by atoms with Gasteiger partial charge in [-0.1, -0.05) is 6.07 Å². The Hall–Kier alpha value is -5.16. The Morgan fingerprint density at radius 3 is 2.30 bits per heavy atom. The lowest BCUT2D eigenvalue weighted by Gasteiger charge is -2.21. The molecule has 6 rings (SSSR count). The highest BCUT2D eigenvalue weighted by Crippen LogP contribution is 2.43. The van der Waals surface area contributed by atoms with Gasteiger partial charge in [0.15, 0.2) is 0 Å². The van der Waals surface area contributed by atoms with E-state index in [4.69, 9.17) is 9.15 Å². The number of furan rings is 1. The molecule has 0 aliphatic rings. The maximum absolute atomic E-state index is 13.9. The Balaban J connectivity index is 1.63. The van der Waals surface area contributed by atoms with E-state index >= 15 is 0 Å². The van der Waals surface area contributed by atoms with Crippen molar-refractivity contribution in [1.82, 2.24) is 10.3 Å². The zero-order chi connectivity index (χ0) is 31.3. The van der Waals surface area contributed by atoms with Gasteiger partial charge in [-0.2, -0.15) is 0 Å². The average Bonchev–Trinajstić information content (AvgIpc) is 3.60. The molecule has 0 aliphatic heterocycles. The molecule has 0 unspecified atom stereocenters. The van der Waals surface area contributed by atoms with Crippen molar-refractivity contribution in [3.05, 3.63) is 96.1 Å². The highest BCUT2D eigenvalue weighted by Gasteiger charge is 2.26. The van der Waals surface area contributed by atoms with Gasteiger partial charge in [0.1, 0.15) is 28.7 Å². The molecule has 44 heavy (non-hydrogen) atoms. The van der Waals surface area contributed by atoms with Crippen LogP contribution < -0.4 is 14.4 Å². The summed E-state index contributed by atoms with van der Waals surface area (Å²) in [5.41, 5.74) is 4.42. The highest BCUT2D eigenvalue weighted by molar-refractivity contribution is 7.92. The quantitative estimate of drug-likeness (QED) is 0.202. The van der Waals surface area contributed by atoms with Gasteiger partial charge in [-0.15, -0.1) is 0 Å². The van der Waals surface area contributed by atoms with Crippen LogP contribution in [0.25, 0.3) is 55.6 Å². The van der Waals surface area contributed by atoms with Gasteiger partial charge >= 0.3 is 0 Å². The molecule has 0 atom stereocenters. The second-order valence-electron chi connectivity index (χ2n) is 10.3. The van der Waals surface area contributed by atoms with Crippen LogP contribution in [0.2, 0.25) is 0 Å². The van der Waals surface area contributed by atoms with Gasteiger partial charge in [0.05, 0.1) is 30.3 Å². The number of anilines is 1. The molecule has 4 aromatic carbocycles. The maximum Gasteiger partial charge on any atom is 0.255 e. The lowest BCUT2D eigenvalue weighted by atomic mass is 9.96. The lowest BCUT2D eigenvalue weighted by Crippen LogP contribution is -2.25. The first-order chi connectivity index (χ1) is 21.0. The van der Waals surface area contributed by atoms with E-state index in [9.17, 15) is 22.0 Å². The number of benzene rings is 4. The first-order valence-electron chi connectivity index (χ1n) is 13.5. The number of carbonyl (C=O) groups is 1. The molecule has 224 valence electrons. The first kappa shape index (κ1) is 28.9. The minimum absolute atomic E-state index is 0.213. The van der Waals surface area contributed by atoms with E-state index in [0.29, 0.717) is 50.2 Å². The Morgan fingerprint density at radius 2 is 1.61 bits per heavy atom. The molecule has 2 N–H and O–H groups in total. The third-order valence-corrected chi connectivity index (χ3v) is 8.78. The van der Waals surface area contributed by atoms with Gasteiger partial charge < -0.3 is 19.5 Å². The molecule has 1 amide bonds. The SMILES string of the molecule is CNC(=O)c1c(-c2ccc(F)cc2)oc2cc(N(C)S(C)(=O)=O)c(-c3ccc(OC)c(-c4cc5cc(F)ccc5[nH]4)c3)cc12. The van der Waals surface area contributed by atoms with E-state index < -0.39 is 21.7 Å². The number of carbonyl (C=O) groups excluding carboxylic acids is 1. The van der Waals surface area contributed by atoms with Crippen molar-refractivity contribution in [2.45, 2.75) is 0 Å². The van der Waals surface area contributed by atoms with E-state index in [1.807, 2.05) is 12.1 Å². The zero-order valence-corrected chi connectivity index (χ0v) is 25.0.